The van der Waals surface area contributed by atoms with E-state index >= 15 is 0 Å². The first-order valence-electron chi connectivity index (χ1n) is 10.6. The lowest BCUT2D eigenvalue weighted by Gasteiger charge is -2.32. The highest BCUT2D eigenvalue weighted by Crippen LogP contribution is 2.31. The average Bonchev–Trinajstić information content (AvgIpc) is 2.80. The molecule has 2 atom stereocenters. The van der Waals surface area contributed by atoms with Crippen molar-refractivity contribution in [2.75, 3.05) is 27.3 Å². The van der Waals surface area contributed by atoms with Gasteiger partial charge in [-0.3, -0.25) is 4.79 Å². The largest absolute Gasteiger partial charge is 0.493 e. The number of amides is 1. The fourth-order valence-corrected chi connectivity index (χ4v) is 6.07. The third-order valence-corrected chi connectivity index (χ3v) is 8.15. The van der Waals surface area contributed by atoms with Crippen molar-refractivity contribution in [1.29, 1.82) is 0 Å². The number of sulfonamides is 1. The monoisotopic (exact) mass is 514 g/mol. The molecule has 10 heteroatoms. The van der Waals surface area contributed by atoms with Gasteiger partial charge in [0, 0.05) is 23.1 Å². The molecule has 0 radical (unpaired) electrons. The lowest BCUT2D eigenvalue weighted by Crippen LogP contribution is -2.46. The summed E-state index contributed by atoms with van der Waals surface area (Å²) in [4.78, 5) is 13.0. The number of carbonyl (C=O) groups is 1. The van der Waals surface area contributed by atoms with Gasteiger partial charge in [-0.1, -0.05) is 35.3 Å². The summed E-state index contributed by atoms with van der Waals surface area (Å²) < 4.78 is 38.0. The van der Waals surface area contributed by atoms with E-state index in [0.29, 0.717) is 46.5 Å². The van der Waals surface area contributed by atoms with Crippen molar-refractivity contribution in [2.24, 2.45) is 5.92 Å². The highest BCUT2D eigenvalue weighted by Gasteiger charge is 2.33. The Morgan fingerprint density at radius 1 is 1.15 bits per heavy atom. The molecule has 33 heavy (non-hydrogen) atoms. The second kappa shape index (κ2) is 11.0. The minimum absolute atomic E-state index is 0.137. The van der Waals surface area contributed by atoms with Crippen molar-refractivity contribution < 1.29 is 22.7 Å². The number of ether oxygens (including phenoxy) is 2. The van der Waals surface area contributed by atoms with Crippen molar-refractivity contribution in [3.05, 3.63) is 57.6 Å². The van der Waals surface area contributed by atoms with Gasteiger partial charge in [-0.2, -0.15) is 0 Å². The van der Waals surface area contributed by atoms with E-state index in [1.807, 2.05) is 19.1 Å². The summed E-state index contributed by atoms with van der Waals surface area (Å²) in [5, 5.41) is 3.75. The van der Waals surface area contributed by atoms with Gasteiger partial charge in [0.1, 0.15) is 0 Å². The third-order valence-electron chi connectivity index (χ3n) is 5.77. The van der Waals surface area contributed by atoms with E-state index in [1.54, 1.807) is 32.4 Å². The maximum absolute atomic E-state index is 13.0. The van der Waals surface area contributed by atoms with Crippen LogP contribution < -0.4 is 14.8 Å². The summed E-state index contributed by atoms with van der Waals surface area (Å²) in [7, 11) is -0.523. The Hall–Kier alpha value is -2.00. The first-order valence-corrected chi connectivity index (χ1v) is 12.9. The van der Waals surface area contributed by atoms with Crippen LogP contribution in [0.5, 0.6) is 11.5 Å². The Kier molecular flexibility index (Phi) is 8.50. The molecular weight excluding hydrogens is 487 g/mol. The van der Waals surface area contributed by atoms with Crippen LogP contribution in [0.3, 0.4) is 0 Å². The molecule has 7 nitrogen and oxygen atoms in total. The van der Waals surface area contributed by atoms with Gasteiger partial charge in [0.05, 0.1) is 31.9 Å². The van der Waals surface area contributed by atoms with Crippen LogP contribution in [-0.4, -0.2) is 45.9 Å². The van der Waals surface area contributed by atoms with Crippen LogP contribution in [0.15, 0.2) is 36.4 Å². The molecule has 1 amide bonds. The molecule has 2 aromatic carbocycles. The van der Waals surface area contributed by atoms with Crippen LogP contribution in [0.25, 0.3) is 0 Å². The van der Waals surface area contributed by atoms with Crippen LogP contribution in [0.4, 0.5) is 0 Å². The third kappa shape index (κ3) is 6.32. The predicted molar refractivity (Wildman–Crippen MR) is 129 cm³/mol. The van der Waals surface area contributed by atoms with Gasteiger partial charge < -0.3 is 14.8 Å². The number of piperidine rings is 1. The molecule has 1 fully saturated rings. The molecule has 0 bridgehead atoms. The van der Waals surface area contributed by atoms with Gasteiger partial charge in [-0.25, -0.2) is 12.7 Å². The first kappa shape index (κ1) is 25.6. The van der Waals surface area contributed by atoms with Gasteiger partial charge in [-0.05, 0) is 55.2 Å². The van der Waals surface area contributed by atoms with Crippen molar-refractivity contribution in [1.82, 2.24) is 9.62 Å². The van der Waals surface area contributed by atoms with E-state index in [9.17, 15) is 13.2 Å². The summed E-state index contributed by atoms with van der Waals surface area (Å²) in [5.41, 5.74) is 1.34. The second-order valence-electron chi connectivity index (χ2n) is 8.03. The summed E-state index contributed by atoms with van der Waals surface area (Å²) in [6, 6.07) is 9.93. The van der Waals surface area contributed by atoms with Crippen LogP contribution >= 0.6 is 23.2 Å². The molecule has 1 N–H and O–H groups in total. The summed E-state index contributed by atoms with van der Waals surface area (Å²) in [5.74, 6) is 0.332. The molecule has 1 heterocycles. The highest BCUT2D eigenvalue weighted by molar-refractivity contribution is 7.88. The first-order chi connectivity index (χ1) is 15.6. The minimum Gasteiger partial charge on any atom is -0.493 e. The number of rotatable bonds is 8. The quantitative estimate of drug-likeness (QED) is 0.563. The van der Waals surface area contributed by atoms with Crippen molar-refractivity contribution in [3.8, 4) is 11.5 Å². The zero-order valence-corrected chi connectivity index (χ0v) is 21.1. The van der Waals surface area contributed by atoms with Gasteiger partial charge in [0.25, 0.3) is 0 Å². The van der Waals surface area contributed by atoms with Gasteiger partial charge in [0.2, 0.25) is 15.9 Å². The SMILES string of the molecule is COc1ccc([C@H](C)NC(=O)[C@@H]2CCCN(S(=O)(=O)Cc3ccc(Cl)cc3Cl)C2)cc1OC. The van der Waals surface area contributed by atoms with E-state index in [1.165, 1.54) is 10.4 Å². The van der Waals surface area contributed by atoms with E-state index in [4.69, 9.17) is 32.7 Å². The fraction of sp³-hybridized carbons (Fsp3) is 0.435. The number of nitrogens with zero attached hydrogens (tertiary/aromatic N) is 1. The summed E-state index contributed by atoms with van der Waals surface area (Å²) in [6.45, 7) is 2.39. The number of halogens is 2. The van der Waals surface area contributed by atoms with Crippen molar-refractivity contribution in [2.45, 2.75) is 31.6 Å². The van der Waals surface area contributed by atoms with Crippen molar-refractivity contribution >= 4 is 39.1 Å². The molecule has 0 aromatic heterocycles. The normalized spacial score (nSPS) is 17.9. The molecule has 2 aromatic rings. The van der Waals surface area contributed by atoms with E-state index in [0.717, 1.165) is 5.56 Å². The number of nitrogens with one attached hydrogen (secondary N) is 1. The van der Waals surface area contributed by atoms with E-state index in [2.05, 4.69) is 5.32 Å². The second-order valence-corrected chi connectivity index (χ2v) is 10.8. The minimum atomic E-state index is -3.64. The topological polar surface area (TPSA) is 84.9 Å². The standard InChI is InChI=1S/C23H28Cl2N2O5S/c1-15(16-7-9-21(31-2)22(11-16)32-3)26-23(28)17-5-4-10-27(13-17)33(29,30)14-18-6-8-19(24)12-20(18)25/h6-9,11-12,15,17H,4-5,10,13-14H2,1-3H3,(H,26,28)/t15-,17+/m0/s1. The Bertz CT molecular complexity index is 1110. The lowest BCUT2D eigenvalue weighted by atomic mass is 9.98. The highest BCUT2D eigenvalue weighted by atomic mass is 35.5. The molecule has 3 rings (SSSR count). The number of carbonyl (C=O) groups excluding carboxylic acids is 1. The molecule has 0 saturated carbocycles. The molecule has 1 saturated heterocycles. The van der Waals surface area contributed by atoms with Crippen molar-refractivity contribution in [3.63, 3.8) is 0 Å². The Morgan fingerprint density at radius 2 is 1.88 bits per heavy atom. The molecule has 0 spiro atoms. The molecule has 180 valence electrons. The summed E-state index contributed by atoms with van der Waals surface area (Å²) in [6.07, 6.45) is 1.23. The molecule has 1 aliphatic heterocycles. The smallest absolute Gasteiger partial charge is 0.224 e. The van der Waals surface area contributed by atoms with Crippen LogP contribution in [0, 0.1) is 5.92 Å². The maximum atomic E-state index is 13.0. The summed E-state index contributed by atoms with van der Waals surface area (Å²) >= 11 is 12.1. The molecule has 0 aliphatic carbocycles. The van der Waals surface area contributed by atoms with Gasteiger partial charge >= 0.3 is 0 Å². The maximum Gasteiger partial charge on any atom is 0.224 e. The predicted octanol–water partition coefficient (Wildman–Crippen LogP) is 4.43. The fourth-order valence-electron chi connectivity index (χ4n) is 3.87. The zero-order chi connectivity index (χ0) is 24.2. The van der Waals surface area contributed by atoms with Gasteiger partial charge in [-0.15, -0.1) is 0 Å². The number of benzene rings is 2. The molecule has 1 aliphatic rings. The van der Waals surface area contributed by atoms with Crippen LogP contribution in [0.2, 0.25) is 10.0 Å². The Labute approximate surface area is 205 Å². The van der Waals surface area contributed by atoms with Crippen LogP contribution in [-0.2, 0) is 20.6 Å². The van der Waals surface area contributed by atoms with E-state index in [-0.39, 0.29) is 24.2 Å². The molecule has 0 unspecified atom stereocenters. The van der Waals surface area contributed by atoms with Gasteiger partial charge in [0.15, 0.2) is 11.5 Å². The number of hydrogen-bond donors (Lipinski definition) is 1. The molecular formula is C23H28Cl2N2O5S. The van der Waals surface area contributed by atoms with E-state index < -0.39 is 15.9 Å². The Morgan fingerprint density at radius 3 is 2.55 bits per heavy atom. The average molecular weight is 515 g/mol. The zero-order valence-electron chi connectivity index (χ0n) is 18.8. The number of hydrogen-bond acceptors (Lipinski definition) is 5. The lowest BCUT2D eigenvalue weighted by molar-refractivity contribution is -0.126. The number of methoxy groups -OCH3 is 2. The Balaban J connectivity index is 1.66. The van der Waals surface area contributed by atoms with Crippen LogP contribution in [0.1, 0.15) is 36.9 Å².